The zero-order chi connectivity index (χ0) is 18.5. The van der Waals surface area contributed by atoms with Crippen molar-refractivity contribution in [1.82, 2.24) is 14.9 Å². The van der Waals surface area contributed by atoms with Crippen LogP contribution in [0.25, 0.3) is 0 Å². The fourth-order valence-corrected chi connectivity index (χ4v) is 4.08. The van der Waals surface area contributed by atoms with Crippen molar-refractivity contribution in [3.8, 4) is 0 Å². The van der Waals surface area contributed by atoms with Crippen LogP contribution in [0.15, 0.2) is 36.7 Å². The summed E-state index contributed by atoms with van der Waals surface area (Å²) in [5, 5.41) is 10.6. The molecule has 0 unspecified atom stereocenters. The number of pyridine rings is 2. The highest BCUT2D eigenvalue weighted by Crippen LogP contribution is 2.42. The minimum atomic E-state index is -0.349. The normalized spacial score (nSPS) is 23.9. The molecule has 0 radical (unpaired) electrons. The van der Waals surface area contributed by atoms with E-state index in [1.165, 1.54) is 11.1 Å². The summed E-state index contributed by atoms with van der Waals surface area (Å²) in [6.07, 6.45) is 6.81. The lowest BCUT2D eigenvalue weighted by Crippen LogP contribution is -2.43. The number of hydrogen-bond donors (Lipinski definition) is 2. The van der Waals surface area contributed by atoms with Crippen LogP contribution in [0, 0.1) is 13.8 Å². The van der Waals surface area contributed by atoms with Crippen LogP contribution >= 0.6 is 0 Å². The Morgan fingerprint density at radius 3 is 2.00 bits per heavy atom. The number of nitrogens with zero attached hydrogens (tertiary/aromatic N) is 3. The average molecular weight is 354 g/mol. The molecule has 140 valence electrons. The Hall–Kier alpha value is -1.82. The van der Waals surface area contributed by atoms with Crippen molar-refractivity contribution in [2.24, 2.45) is 5.73 Å². The number of unbranched alkanes of at least 4 members (excludes halogenated alkanes) is 1. The molecule has 1 aliphatic rings. The SMILES string of the molecule is Cc1cccnc1[C@H]1C[C@@H](O)C[C@@H](c2ncccc2C)N1CCCCN. The highest BCUT2D eigenvalue weighted by Gasteiger charge is 2.38. The van der Waals surface area contributed by atoms with Crippen LogP contribution in [0.2, 0.25) is 0 Å². The molecule has 0 bridgehead atoms. The maximum absolute atomic E-state index is 10.6. The molecule has 3 rings (SSSR count). The van der Waals surface area contributed by atoms with E-state index >= 15 is 0 Å². The number of hydrogen-bond acceptors (Lipinski definition) is 5. The number of rotatable bonds is 6. The third-order valence-electron chi connectivity index (χ3n) is 5.39. The zero-order valence-electron chi connectivity index (χ0n) is 15.8. The molecule has 0 aromatic carbocycles. The summed E-state index contributed by atoms with van der Waals surface area (Å²) in [5.74, 6) is 0. The van der Waals surface area contributed by atoms with Crippen molar-refractivity contribution in [2.45, 2.75) is 57.7 Å². The van der Waals surface area contributed by atoms with Gasteiger partial charge in [-0.05, 0) is 75.9 Å². The third-order valence-corrected chi connectivity index (χ3v) is 5.39. The van der Waals surface area contributed by atoms with Crippen molar-refractivity contribution in [3.63, 3.8) is 0 Å². The van der Waals surface area contributed by atoms with E-state index in [9.17, 15) is 5.11 Å². The van der Waals surface area contributed by atoms with Gasteiger partial charge < -0.3 is 10.8 Å². The highest BCUT2D eigenvalue weighted by atomic mass is 16.3. The quantitative estimate of drug-likeness (QED) is 0.780. The molecule has 2 aromatic rings. The molecular weight excluding hydrogens is 324 g/mol. The maximum Gasteiger partial charge on any atom is 0.0605 e. The van der Waals surface area contributed by atoms with Crippen molar-refractivity contribution < 1.29 is 5.11 Å². The number of aliphatic hydroxyl groups excluding tert-OH is 1. The van der Waals surface area contributed by atoms with E-state index < -0.39 is 0 Å². The van der Waals surface area contributed by atoms with Crippen molar-refractivity contribution in [1.29, 1.82) is 0 Å². The Balaban J connectivity index is 1.98. The van der Waals surface area contributed by atoms with Gasteiger partial charge in [-0.25, -0.2) is 0 Å². The van der Waals surface area contributed by atoms with Crippen molar-refractivity contribution in [2.75, 3.05) is 13.1 Å². The van der Waals surface area contributed by atoms with Crippen LogP contribution in [-0.4, -0.2) is 39.2 Å². The van der Waals surface area contributed by atoms with Gasteiger partial charge in [0.2, 0.25) is 0 Å². The van der Waals surface area contributed by atoms with Gasteiger partial charge in [0, 0.05) is 12.4 Å². The summed E-state index contributed by atoms with van der Waals surface area (Å²) < 4.78 is 0. The van der Waals surface area contributed by atoms with E-state index in [1.807, 2.05) is 24.5 Å². The summed E-state index contributed by atoms with van der Waals surface area (Å²) in [5.41, 5.74) is 10.2. The maximum atomic E-state index is 10.6. The van der Waals surface area contributed by atoms with E-state index in [2.05, 4.69) is 40.8 Å². The van der Waals surface area contributed by atoms with E-state index in [0.29, 0.717) is 19.4 Å². The summed E-state index contributed by atoms with van der Waals surface area (Å²) in [4.78, 5) is 11.8. The second kappa shape index (κ2) is 8.71. The van der Waals surface area contributed by atoms with E-state index in [-0.39, 0.29) is 18.2 Å². The number of nitrogens with two attached hydrogens (primary N) is 1. The predicted octanol–water partition coefficient (Wildman–Crippen LogP) is 3.07. The first-order chi connectivity index (χ1) is 12.6. The minimum absolute atomic E-state index is 0.101. The lowest BCUT2D eigenvalue weighted by Gasteiger charge is -2.44. The molecular formula is C21H30N4O. The van der Waals surface area contributed by atoms with E-state index in [4.69, 9.17) is 5.73 Å². The molecule has 1 aliphatic heterocycles. The molecule has 3 heterocycles. The number of aliphatic hydroxyl groups is 1. The first-order valence-corrected chi connectivity index (χ1v) is 9.58. The van der Waals surface area contributed by atoms with Crippen LogP contribution in [0.1, 0.15) is 60.3 Å². The first-order valence-electron chi connectivity index (χ1n) is 9.58. The fraction of sp³-hybridized carbons (Fsp3) is 0.524. The van der Waals surface area contributed by atoms with Gasteiger partial charge in [-0.1, -0.05) is 12.1 Å². The number of aromatic nitrogens is 2. The molecule has 26 heavy (non-hydrogen) atoms. The minimum Gasteiger partial charge on any atom is -0.393 e. The van der Waals surface area contributed by atoms with Gasteiger partial charge in [-0.15, -0.1) is 0 Å². The van der Waals surface area contributed by atoms with E-state index in [1.54, 1.807) is 0 Å². The van der Waals surface area contributed by atoms with Gasteiger partial charge >= 0.3 is 0 Å². The fourth-order valence-electron chi connectivity index (χ4n) is 4.08. The second-order valence-corrected chi connectivity index (χ2v) is 7.30. The standard InChI is InChI=1S/C21H30N4O/c1-15-7-5-10-23-20(15)18-13-17(26)14-19(25(18)12-4-3-9-22)21-16(2)8-6-11-24-21/h5-8,10-11,17-19,26H,3-4,9,12-14,22H2,1-2H3/t17-,18-,19+. The molecule has 1 fully saturated rings. The largest absolute Gasteiger partial charge is 0.393 e. The predicted molar refractivity (Wildman–Crippen MR) is 104 cm³/mol. The summed E-state index contributed by atoms with van der Waals surface area (Å²) in [6, 6.07) is 8.34. The molecule has 3 N–H and O–H groups in total. The Morgan fingerprint density at radius 2 is 1.54 bits per heavy atom. The Bertz CT molecular complexity index is 665. The lowest BCUT2D eigenvalue weighted by atomic mass is 9.87. The molecule has 5 nitrogen and oxygen atoms in total. The van der Waals surface area contributed by atoms with Gasteiger partial charge in [-0.2, -0.15) is 0 Å². The summed E-state index contributed by atoms with van der Waals surface area (Å²) in [7, 11) is 0. The molecule has 0 aliphatic carbocycles. The molecule has 5 heteroatoms. The van der Waals surface area contributed by atoms with Crippen molar-refractivity contribution in [3.05, 3.63) is 59.2 Å². The summed E-state index contributed by atoms with van der Waals surface area (Å²) >= 11 is 0. The van der Waals surface area contributed by atoms with Crippen LogP contribution in [-0.2, 0) is 0 Å². The second-order valence-electron chi connectivity index (χ2n) is 7.30. The van der Waals surface area contributed by atoms with Crippen LogP contribution in [0.4, 0.5) is 0 Å². The van der Waals surface area contributed by atoms with E-state index in [0.717, 1.165) is 30.8 Å². The van der Waals surface area contributed by atoms with Crippen LogP contribution < -0.4 is 5.73 Å². The van der Waals surface area contributed by atoms with Crippen LogP contribution in [0.3, 0.4) is 0 Å². The van der Waals surface area contributed by atoms with Gasteiger partial charge in [0.05, 0.1) is 29.6 Å². The molecule has 0 saturated carbocycles. The van der Waals surface area contributed by atoms with Gasteiger partial charge in [0.1, 0.15) is 0 Å². The van der Waals surface area contributed by atoms with Crippen LogP contribution in [0.5, 0.6) is 0 Å². The molecule has 3 atom stereocenters. The number of aryl methyl sites for hydroxylation is 2. The molecule has 1 saturated heterocycles. The number of piperidine rings is 1. The molecule has 0 spiro atoms. The Morgan fingerprint density at radius 1 is 1.00 bits per heavy atom. The van der Waals surface area contributed by atoms with Gasteiger partial charge in [0.15, 0.2) is 0 Å². The van der Waals surface area contributed by atoms with Crippen molar-refractivity contribution >= 4 is 0 Å². The topological polar surface area (TPSA) is 75.3 Å². The molecule has 0 amide bonds. The molecule has 2 aromatic heterocycles. The Kier molecular flexibility index (Phi) is 6.35. The van der Waals surface area contributed by atoms with Gasteiger partial charge in [-0.3, -0.25) is 14.9 Å². The number of likely N-dealkylation sites (tertiary alicyclic amines) is 1. The highest BCUT2D eigenvalue weighted by molar-refractivity contribution is 5.26. The monoisotopic (exact) mass is 354 g/mol. The smallest absolute Gasteiger partial charge is 0.0605 e. The Labute approximate surface area is 156 Å². The lowest BCUT2D eigenvalue weighted by molar-refractivity contribution is -0.00624. The first kappa shape index (κ1) is 19.0. The summed E-state index contributed by atoms with van der Waals surface area (Å²) in [6.45, 7) is 5.84. The average Bonchev–Trinajstić information content (AvgIpc) is 2.63. The third kappa shape index (κ3) is 4.11. The van der Waals surface area contributed by atoms with Gasteiger partial charge in [0.25, 0.3) is 0 Å². The zero-order valence-corrected chi connectivity index (χ0v) is 15.8.